The second-order valence-corrected chi connectivity index (χ2v) is 4.47. The third kappa shape index (κ3) is 4.59. The number of ketones is 1. The highest BCUT2D eigenvalue weighted by Crippen LogP contribution is 2.06. The number of carbonyl (C=O) groups excluding carboxylic acids is 1. The van der Waals surface area contributed by atoms with E-state index in [4.69, 9.17) is 4.74 Å². The van der Waals surface area contributed by atoms with Crippen molar-refractivity contribution in [2.75, 3.05) is 26.8 Å². The van der Waals surface area contributed by atoms with E-state index in [0.29, 0.717) is 19.1 Å². The Morgan fingerprint density at radius 3 is 2.56 bits per heavy atom. The van der Waals surface area contributed by atoms with E-state index in [9.17, 15) is 4.79 Å². The summed E-state index contributed by atoms with van der Waals surface area (Å²) in [5, 5.41) is 0. The Morgan fingerprint density at radius 2 is 2.00 bits per heavy atom. The van der Waals surface area contributed by atoms with Crippen molar-refractivity contribution in [3.05, 3.63) is 35.9 Å². The molecule has 0 saturated carbocycles. The van der Waals surface area contributed by atoms with Gasteiger partial charge in [0, 0.05) is 31.7 Å². The molecule has 3 heteroatoms. The van der Waals surface area contributed by atoms with Gasteiger partial charge in [-0.1, -0.05) is 37.3 Å². The Balaban J connectivity index is 2.46. The van der Waals surface area contributed by atoms with Gasteiger partial charge in [-0.15, -0.1) is 0 Å². The fourth-order valence-corrected chi connectivity index (χ4v) is 2.05. The van der Waals surface area contributed by atoms with Crippen molar-refractivity contribution in [2.24, 2.45) is 0 Å². The molecular weight excluding hydrogens is 226 g/mol. The molecule has 1 rings (SSSR count). The van der Waals surface area contributed by atoms with E-state index in [-0.39, 0.29) is 5.78 Å². The molecule has 100 valence electrons. The summed E-state index contributed by atoms with van der Waals surface area (Å²) < 4.78 is 5.15. The molecule has 0 radical (unpaired) electrons. The molecule has 1 unspecified atom stereocenters. The van der Waals surface area contributed by atoms with Crippen LogP contribution in [0.1, 0.15) is 30.6 Å². The third-order valence-electron chi connectivity index (χ3n) is 3.16. The van der Waals surface area contributed by atoms with E-state index < -0.39 is 0 Å². The van der Waals surface area contributed by atoms with Gasteiger partial charge in [0.05, 0.1) is 6.61 Å². The summed E-state index contributed by atoms with van der Waals surface area (Å²) in [6.07, 6.45) is 0.561. The van der Waals surface area contributed by atoms with E-state index in [1.807, 2.05) is 30.3 Å². The van der Waals surface area contributed by atoms with Gasteiger partial charge in [0.25, 0.3) is 0 Å². The fourth-order valence-electron chi connectivity index (χ4n) is 2.05. The van der Waals surface area contributed by atoms with Crippen molar-refractivity contribution in [2.45, 2.75) is 26.3 Å². The van der Waals surface area contributed by atoms with Crippen molar-refractivity contribution in [3.8, 4) is 0 Å². The van der Waals surface area contributed by atoms with Gasteiger partial charge < -0.3 is 4.74 Å². The van der Waals surface area contributed by atoms with Gasteiger partial charge in [0.2, 0.25) is 0 Å². The quantitative estimate of drug-likeness (QED) is 0.663. The van der Waals surface area contributed by atoms with Crippen molar-refractivity contribution in [1.29, 1.82) is 0 Å². The number of hydrogen-bond acceptors (Lipinski definition) is 3. The zero-order valence-corrected chi connectivity index (χ0v) is 11.6. The Bertz CT molecular complexity index is 351. The first-order valence-electron chi connectivity index (χ1n) is 6.50. The highest BCUT2D eigenvalue weighted by Gasteiger charge is 2.13. The van der Waals surface area contributed by atoms with Crippen LogP contribution in [0.15, 0.2) is 30.3 Å². The summed E-state index contributed by atoms with van der Waals surface area (Å²) in [7, 11) is 1.71. The fraction of sp³-hybridized carbons (Fsp3) is 0.533. The summed E-state index contributed by atoms with van der Waals surface area (Å²) in [4.78, 5) is 14.3. The van der Waals surface area contributed by atoms with Crippen LogP contribution in [-0.2, 0) is 4.74 Å². The van der Waals surface area contributed by atoms with Crippen LogP contribution in [0, 0.1) is 0 Å². The van der Waals surface area contributed by atoms with Gasteiger partial charge in [0.1, 0.15) is 0 Å². The van der Waals surface area contributed by atoms with Crippen molar-refractivity contribution in [3.63, 3.8) is 0 Å². The van der Waals surface area contributed by atoms with Crippen LogP contribution in [0.3, 0.4) is 0 Å². The Labute approximate surface area is 110 Å². The second kappa shape index (κ2) is 8.01. The molecule has 3 nitrogen and oxygen atoms in total. The maximum Gasteiger partial charge on any atom is 0.164 e. The summed E-state index contributed by atoms with van der Waals surface area (Å²) in [6.45, 7) is 6.66. The van der Waals surface area contributed by atoms with Gasteiger partial charge >= 0.3 is 0 Å². The first-order valence-corrected chi connectivity index (χ1v) is 6.50. The van der Waals surface area contributed by atoms with Crippen LogP contribution < -0.4 is 0 Å². The molecule has 18 heavy (non-hydrogen) atoms. The maximum absolute atomic E-state index is 12.0. The molecule has 1 aromatic rings. The van der Waals surface area contributed by atoms with Crippen LogP contribution in [0.5, 0.6) is 0 Å². The lowest BCUT2D eigenvalue weighted by Gasteiger charge is -2.26. The van der Waals surface area contributed by atoms with Crippen LogP contribution in [0.25, 0.3) is 0 Å². The molecule has 0 spiro atoms. The summed E-state index contributed by atoms with van der Waals surface area (Å²) in [5.74, 6) is 0.207. The minimum Gasteiger partial charge on any atom is -0.383 e. The normalized spacial score (nSPS) is 12.7. The average Bonchev–Trinajstić information content (AvgIpc) is 2.40. The zero-order valence-electron chi connectivity index (χ0n) is 11.6. The van der Waals surface area contributed by atoms with Gasteiger partial charge in [-0.3, -0.25) is 9.69 Å². The van der Waals surface area contributed by atoms with Gasteiger partial charge in [-0.25, -0.2) is 0 Å². The molecule has 1 aromatic carbocycles. The number of benzene rings is 1. The van der Waals surface area contributed by atoms with Crippen LogP contribution in [0.2, 0.25) is 0 Å². The smallest absolute Gasteiger partial charge is 0.164 e. The number of hydrogen-bond donors (Lipinski definition) is 0. The summed E-state index contributed by atoms with van der Waals surface area (Å²) >= 11 is 0. The second-order valence-electron chi connectivity index (χ2n) is 4.47. The number of ether oxygens (including phenoxy) is 1. The predicted octanol–water partition coefficient (Wildman–Crippen LogP) is 2.62. The molecule has 0 saturated heterocycles. The van der Waals surface area contributed by atoms with Crippen LogP contribution >= 0.6 is 0 Å². The molecule has 0 aliphatic heterocycles. The van der Waals surface area contributed by atoms with E-state index >= 15 is 0 Å². The van der Waals surface area contributed by atoms with Crippen LogP contribution in [0.4, 0.5) is 0 Å². The first kappa shape index (κ1) is 14.9. The molecular formula is C15H23NO2. The molecule has 1 atom stereocenters. The predicted molar refractivity (Wildman–Crippen MR) is 74.0 cm³/mol. The number of likely N-dealkylation sites (N-methyl/N-ethyl adjacent to an activating group) is 1. The van der Waals surface area contributed by atoms with Gasteiger partial charge in [-0.2, -0.15) is 0 Å². The molecule has 0 fully saturated rings. The monoisotopic (exact) mass is 249 g/mol. The Hall–Kier alpha value is -1.19. The van der Waals surface area contributed by atoms with Crippen LogP contribution in [-0.4, -0.2) is 43.5 Å². The van der Waals surface area contributed by atoms with Crippen molar-refractivity contribution >= 4 is 5.78 Å². The standard InChI is InChI=1S/C15H23NO2/c1-4-16(13(2)12-18-3)11-10-15(17)14-8-6-5-7-9-14/h5-9,13H,4,10-12H2,1-3H3. The molecule has 0 aliphatic carbocycles. The third-order valence-corrected chi connectivity index (χ3v) is 3.16. The lowest BCUT2D eigenvalue weighted by molar-refractivity contribution is 0.0873. The SMILES string of the molecule is CCN(CCC(=O)c1ccccc1)C(C)COC. The molecule has 0 aromatic heterocycles. The Kier molecular flexibility index (Phi) is 6.61. The Morgan fingerprint density at radius 1 is 1.33 bits per heavy atom. The van der Waals surface area contributed by atoms with Crippen molar-refractivity contribution < 1.29 is 9.53 Å². The van der Waals surface area contributed by atoms with E-state index in [0.717, 1.165) is 18.7 Å². The average molecular weight is 249 g/mol. The summed E-state index contributed by atoms with van der Waals surface area (Å²) in [6, 6.07) is 9.82. The van der Waals surface area contributed by atoms with Crippen molar-refractivity contribution in [1.82, 2.24) is 4.90 Å². The zero-order chi connectivity index (χ0) is 13.4. The number of methoxy groups -OCH3 is 1. The minimum atomic E-state index is 0.207. The molecule has 0 N–H and O–H groups in total. The lowest BCUT2D eigenvalue weighted by atomic mass is 10.1. The molecule has 0 bridgehead atoms. The van der Waals surface area contributed by atoms with Gasteiger partial charge in [-0.05, 0) is 13.5 Å². The minimum absolute atomic E-state index is 0.207. The van der Waals surface area contributed by atoms with Gasteiger partial charge in [0.15, 0.2) is 5.78 Å². The first-order chi connectivity index (χ1) is 8.69. The molecule has 0 amide bonds. The van der Waals surface area contributed by atoms with E-state index in [1.54, 1.807) is 7.11 Å². The maximum atomic E-state index is 12.0. The molecule has 0 heterocycles. The number of rotatable bonds is 8. The number of Topliss-reactive ketones (excluding diaryl/α,β-unsaturated/α-hetero) is 1. The highest BCUT2D eigenvalue weighted by atomic mass is 16.5. The van der Waals surface area contributed by atoms with E-state index in [2.05, 4.69) is 18.7 Å². The highest BCUT2D eigenvalue weighted by molar-refractivity contribution is 5.96. The summed E-state index contributed by atoms with van der Waals surface area (Å²) in [5.41, 5.74) is 0.799. The largest absolute Gasteiger partial charge is 0.383 e. The van der Waals surface area contributed by atoms with E-state index in [1.165, 1.54) is 0 Å². The number of carbonyl (C=O) groups is 1. The topological polar surface area (TPSA) is 29.5 Å². The lowest BCUT2D eigenvalue weighted by Crippen LogP contribution is -2.37. The number of nitrogens with zero attached hydrogens (tertiary/aromatic N) is 1. The molecule has 0 aliphatic rings.